The SMILES string of the molecule is CN(CC(CCC=O)N(C)C)C(=O)CN. The summed E-state index contributed by atoms with van der Waals surface area (Å²) in [6.07, 6.45) is 2.19. The fraction of sp³-hybridized carbons (Fsp3) is 0.800. The van der Waals surface area contributed by atoms with Crippen molar-refractivity contribution in [3.63, 3.8) is 0 Å². The summed E-state index contributed by atoms with van der Waals surface area (Å²) in [5.41, 5.74) is 5.26. The van der Waals surface area contributed by atoms with Gasteiger partial charge in [0.25, 0.3) is 0 Å². The molecule has 0 aliphatic heterocycles. The van der Waals surface area contributed by atoms with Crippen LogP contribution in [-0.4, -0.2) is 62.3 Å². The van der Waals surface area contributed by atoms with Gasteiger partial charge in [0.2, 0.25) is 5.91 Å². The summed E-state index contributed by atoms with van der Waals surface area (Å²) < 4.78 is 0. The predicted octanol–water partition coefficient (Wildman–Crippen LogP) is -0.687. The molecular formula is C10H21N3O2. The van der Waals surface area contributed by atoms with Gasteiger partial charge >= 0.3 is 0 Å². The van der Waals surface area contributed by atoms with E-state index in [0.717, 1.165) is 12.7 Å². The van der Waals surface area contributed by atoms with Gasteiger partial charge in [-0.2, -0.15) is 0 Å². The van der Waals surface area contributed by atoms with Crippen LogP contribution in [0.1, 0.15) is 12.8 Å². The Hall–Kier alpha value is -0.940. The third kappa shape index (κ3) is 5.49. The standard InChI is InChI=1S/C10H21N3O2/c1-12(2)9(5-4-6-14)8-13(3)10(15)7-11/h6,9H,4-5,7-8,11H2,1-3H3. The van der Waals surface area contributed by atoms with Crippen LogP contribution in [0.5, 0.6) is 0 Å². The first kappa shape index (κ1) is 14.1. The van der Waals surface area contributed by atoms with Gasteiger partial charge in [0.15, 0.2) is 0 Å². The molecule has 1 amide bonds. The first-order valence-electron chi connectivity index (χ1n) is 5.07. The van der Waals surface area contributed by atoms with E-state index < -0.39 is 0 Å². The minimum absolute atomic E-state index is 0.0321. The Morgan fingerprint density at radius 1 is 1.40 bits per heavy atom. The van der Waals surface area contributed by atoms with Crippen molar-refractivity contribution in [1.29, 1.82) is 0 Å². The molecule has 0 fully saturated rings. The largest absolute Gasteiger partial charge is 0.343 e. The fourth-order valence-electron chi connectivity index (χ4n) is 1.35. The lowest BCUT2D eigenvalue weighted by atomic mass is 10.1. The molecule has 15 heavy (non-hydrogen) atoms. The summed E-state index contributed by atoms with van der Waals surface area (Å²) in [4.78, 5) is 25.2. The Morgan fingerprint density at radius 2 is 2.00 bits per heavy atom. The van der Waals surface area contributed by atoms with E-state index in [0.29, 0.717) is 13.0 Å². The topological polar surface area (TPSA) is 66.6 Å². The maximum Gasteiger partial charge on any atom is 0.236 e. The summed E-state index contributed by atoms with van der Waals surface area (Å²) in [6.45, 7) is 0.640. The number of aldehydes is 1. The number of carbonyl (C=O) groups excluding carboxylic acids is 2. The zero-order valence-corrected chi connectivity index (χ0v) is 9.77. The summed E-state index contributed by atoms with van der Waals surface area (Å²) in [5, 5.41) is 0. The van der Waals surface area contributed by atoms with Crippen LogP contribution in [0, 0.1) is 0 Å². The molecule has 0 radical (unpaired) electrons. The molecule has 0 aromatic heterocycles. The first-order valence-corrected chi connectivity index (χ1v) is 5.07. The average molecular weight is 215 g/mol. The Bertz CT molecular complexity index is 207. The predicted molar refractivity (Wildman–Crippen MR) is 59.5 cm³/mol. The number of carbonyl (C=O) groups is 2. The van der Waals surface area contributed by atoms with Gasteiger partial charge in [-0.1, -0.05) is 0 Å². The third-order valence-corrected chi connectivity index (χ3v) is 2.43. The highest BCUT2D eigenvalue weighted by molar-refractivity contribution is 5.77. The molecule has 0 saturated heterocycles. The van der Waals surface area contributed by atoms with E-state index in [4.69, 9.17) is 5.73 Å². The van der Waals surface area contributed by atoms with Crippen LogP contribution in [-0.2, 0) is 9.59 Å². The quantitative estimate of drug-likeness (QED) is 0.571. The van der Waals surface area contributed by atoms with E-state index in [1.807, 2.05) is 19.0 Å². The van der Waals surface area contributed by atoms with Crippen molar-refractivity contribution in [2.75, 3.05) is 34.2 Å². The summed E-state index contributed by atoms with van der Waals surface area (Å²) >= 11 is 0. The Morgan fingerprint density at radius 3 is 2.40 bits per heavy atom. The van der Waals surface area contributed by atoms with Crippen LogP contribution in [0.25, 0.3) is 0 Å². The van der Waals surface area contributed by atoms with E-state index in [-0.39, 0.29) is 18.5 Å². The van der Waals surface area contributed by atoms with Gasteiger partial charge in [0.1, 0.15) is 6.29 Å². The number of hydrogen-bond acceptors (Lipinski definition) is 4. The van der Waals surface area contributed by atoms with E-state index in [1.165, 1.54) is 0 Å². The lowest BCUT2D eigenvalue weighted by molar-refractivity contribution is -0.129. The van der Waals surface area contributed by atoms with E-state index in [2.05, 4.69) is 0 Å². The van der Waals surface area contributed by atoms with Crippen LogP contribution in [0.15, 0.2) is 0 Å². The lowest BCUT2D eigenvalue weighted by Crippen LogP contribution is -2.43. The van der Waals surface area contributed by atoms with Gasteiger partial charge in [0.05, 0.1) is 6.54 Å². The molecule has 0 spiro atoms. The van der Waals surface area contributed by atoms with E-state index in [1.54, 1.807) is 11.9 Å². The molecule has 88 valence electrons. The van der Waals surface area contributed by atoms with Gasteiger partial charge in [0, 0.05) is 26.1 Å². The molecule has 5 nitrogen and oxygen atoms in total. The maximum absolute atomic E-state index is 11.3. The minimum atomic E-state index is -0.0760. The lowest BCUT2D eigenvalue weighted by Gasteiger charge is -2.28. The van der Waals surface area contributed by atoms with Gasteiger partial charge in [-0.25, -0.2) is 0 Å². The normalized spacial score (nSPS) is 12.6. The van der Waals surface area contributed by atoms with Crippen molar-refractivity contribution < 1.29 is 9.59 Å². The molecule has 1 atom stereocenters. The summed E-state index contributed by atoms with van der Waals surface area (Å²) in [7, 11) is 5.61. The second-order valence-corrected chi connectivity index (χ2v) is 3.84. The van der Waals surface area contributed by atoms with Crippen molar-refractivity contribution in [2.45, 2.75) is 18.9 Å². The number of hydrogen-bond donors (Lipinski definition) is 1. The molecule has 0 heterocycles. The van der Waals surface area contributed by atoms with Crippen LogP contribution in [0.2, 0.25) is 0 Å². The number of likely N-dealkylation sites (N-methyl/N-ethyl adjacent to an activating group) is 2. The Kier molecular flexibility index (Phi) is 6.90. The van der Waals surface area contributed by atoms with Gasteiger partial charge in [-0.15, -0.1) is 0 Å². The third-order valence-electron chi connectivity index (χ3n) is 2.43. The molecule has 0 aliphatic carbocycles. The number of rotatable bonds is 7. The molecule has 0 rings (SSSR count). The van der Waals surface area contributed by atoms with E-state index in [9.17, 15) is 9.59 Å². The van der Waals surface area contributed by atoms with Gasteiger partial charge in [-0.05, 0) is 20.5 Å². The number of nitrogens with zero attached hydrogens (tertiary/aromatic N) is 2. The van der Waals surface area contributed by atoms with Crippen molar-refractivity contribution >= 4 is 12.2 Å². The highest BCUT2D eigenvalue weighted by atomic mass is 16.2. The zero-order valence-electron chi connectivity index (χ0n) is 9.77. The smallest absolute Gasteiger partial charge is 0.236 e. The zero-order chi connectivity index (χ0) is 11.8. The second kappa shape index (κ2) is 7.36. The highest BCUT2D eigenvalue weighted by Gasteiger charge is 2.16. The molecule has 0 saturated carbocycles. The molecule has 0 bridgehead atoms. The fourth-order valence-corrected chi connectivity index (χ4v) is 1.35. The van der Waals surface area contributed by atoms with Crippen molar-refractivity contribution in [3.05, 3.63) is 0 Å². The molecule has 0 aliphatic rings. The minimum Gasteiger partial charge on any atom is -0.343 e. The monoisotopic (exact) mass is 215 g/mol. The average Bonchev–Trinajstić information content (AvgIpc) is 2.22. The summed E-state index contributed by atoms with van der Waals surface area (Å²) in [5.74, 6) is -0.0760. The van der Waals surface area contributed by atoms with Crippen molar-refractivity contribution in [1.82, 2.24) is 9.80 Å². The molecule has 0 aromatic carbocycles. The van der Waals surface area contributed by atoms with Crippen LogP contribution in [0.3, 0.4) is 0 Å². The Balaban J connectivity index is 4.14. The molecule has 1 unspecified atom stereocenters. The molecular weight excluding hydrogens is 194 g/mol. The second-order valence-electron chi connectivity index (χ2n) is 3.84. The molecule has 5 heteroatoms. The van der Waals surface area contributed by atoms with Gasteiger partial charge in [-0.3, -0.25) is 4.79 Å². The molecule has 2 N–H and O–H groups in total. The van der Waals surface area contributed by atoms with E-state index >= 15 is 0 Å². The number of nitrogens with two attached hydrogens (primary N) is 1. The van der Waals surface area contributed by atoms with Crippen LogP contribution < -0.4 is 5.73 Å². The maximum atomic E-state index is 11.3. The highest BCUT2D eigenvalue weighted by Crippen LogP contribution is 2.04. The van der Waals surface area contributed by atoms with Crippen LogP contribution >= 0.6 is 0 Å². The number of amides is 1. The molecule has 0 aromatic rings. The van der Waals surface area contributed by atoms with Crippen molar-refractivity contribution in [3.8, 4) is 0 Å². The summed E-state index contributed by atoms with van der Waals surface area (Å²) in [6, 6.07) is 0.204. The Labute approximate surface area is 91.2 Å². The first-order chi connectivity index (χ1) is 7.02. The van der Waals surface area contributed by atoms with Crippen molar-refractivity contribution in [2.24, 2.45) is 5.73 Å². The van der Waals surface area contributed by atoms with Gasteiger partial charge < -0.3 is 20.3 Å². The van der Waals surface area contributed by atoms with Crippen LogP contribution in [0.4, 0.5) is 0 Å².